The van der Waals surface area contributed by atoms with Crippen LogP contribution in [0.1, 0.15) is 69.8 Å². The second-order valence-corrected chi connectivity index (χ2v) is 8.38. The summed E-state index contributed by atoms with van der Waals surface area (Å²) >= 11 is 0. The fraction of sp³-hybridized carbons (Fsp3) is 0.652. The van der Waals surface area contributed by atoms with Gasteiger partial charge in [-0.15, -0.1) is 0 Å². The third-order valence-corrected chi connectivity index (χ3v) is 6.47. The van der Waals surface area contributed by atoms with Crippen LogP contribution in [0.25, 0.3) is 0 Å². The van der Waals surface area contributed by atoms with Crippen LogP contribution in [0, 0.1) is 0 Å². The smallest absolute Gasteiger partial charge is 0.317 e. The van der Waals surface area contributed by atoms with Crippen LogP contribution >= 0.6 is 0 Å². The van der Waals surface area contributed by atoms with Crippen molar-refractivity contribution in [3.63, 3.8) is 0 Å². The Morgan fingerprint density at radius 3 is 2.29 bits per heavy atom. The molecule has 1 heterocycles. The fourth-order valence-electron chi connectivity index (χ4n) is 4.61. The number of urea groups is 1. The van der Waals surface area contributed by atoms with Gasteiger partial charge in [0.25, 0.3) is 0 Å². The van der Waals surface area contributed by atoms with Gasteiger partial charge in [-0.3, -0.25) is 4.79 Å². The van der Waals surface area contributed by atoms with Gasteiger partial charge >= 0.3 is 6.03 Å². The highest BCUT2D eigenvalue weighted by atomic mass is 16.2. The average molecular weight is 386 g/mol. The van der Waals surface area contributed by atoms with Gasteiger partial charge in [0.05, 0.1) is 0 Å². The lowest BCUT2D eigenvalue weighted by Gasteiger charge is -2.38. The Morgan fingerprint density at radius 2 is 1.68 bits per heavy atom. The lowest BCUT2D eigenvalue weighted by atomic mass is 9.82. The van der Waals surface area contributed by atoms with E-state index in [1.807, 2.05) is 23.8 Å². The number of nitrogens with zero attached hydrogens (tertiary/aromatic N) is 2. The number of benzene rings is 1. The minimum absolute atomic E-state index is 0.0431. The molecule has 0 unspecified atom stereocenters. The maximum absolute atomic E-state index is 12.7. The lowest BCUT2D eigenvalue weighted by molar-refractivity contribution is -0.132. The van der Waals surface area contributed by atoms with Crippen molar-refractivity contribution in [2.45, 2.75) is 76.3 Å². The number of likely N-dealkylation sites (tertiary alicyclic amines) is 1. The summed E-state index contributed by atoms with van der Waals surface area (Å²) in [5, 5.41) is 3.25. The number of hydrogen-bond donors (Lipinski definition) is 1. The summed E-state index contributed by atoms with van der Waals surface area (Å²) in [5.74, 6) is 0.875. The van der Waals surface area contributed by atoms with Crippen molar-refractivity contribution >= 4 is 11.9 Å². The molecule has 28 heavy (non-hydrogen) atoms. The largest absolute Gasteiger partial charge is 0.343 e. The van der Waals surface area contributed by atoms with E-state index < -0.39 is 0 Å². The van der Waals surface area contributed by atoms with Gasteiger partial charge in [0, 0.05) is 38.6 Å². The Labute approximate surface area is 169 Å². The number of nitrogens with one attached hydrogen (secondary N) is 1. The van der Waals surface area contributed by atoms with Crippen LogP contribution in [0.15, 0.2) is 30.3 Å². The highest BCUT2D eigenvalue weighted by molar-refractivity contribution is 5.76. The minimum atomic E-state index is 0.0431. The summed E-state index contributed by atoms with van der Waals surface area (Å²) in [5.41, 5.74) is 1.42. The molecule has 1 aromatic carbocycles. The monoisotopic (exact) mass is 385 g/mol. The first-order valence-electron chi connectivity index (χ1n) is 10.9. The van der Waals surface area contributed by atoms with E-state index in [-0.39, 0.29) is 24.0 Å². The van der Waals surface area contributed by atoms with Crippen LogP contribution in [-0.4, -0.2) is 54.0 Å². The molecule has 0 radical (unpaired) electrons. The van der Waals surface area contributed by atoms with E-state index >= 15 is 0 Å². The van der Waals surface area contributed by atoms with E-state index in [9.17, 15) is 9.59 Å². The molecular weight excluding hydrogens is 350 g/mol. The van der Waals surface area contributed by atoms with Crippen LogP contribution < -0.4 is 5.32 Å². The highest BCUT2D eigenvalue weighted by Gasteiger charge is 2.29. The van der Waals surface area contributed by atoms with Crippen LogP contribution in [-0.2, 0) is 4.79 Å². The molecular formula is C23H35N3O2. The molecule has 1 aromatic rings. The Morgan fingerprint density at radius 1 is 1.04 bits per heavy atom. The summed E-state index contributed by atoms with van der Waals surface area (Å²) in [6, 6.07) is 11.3. The predicted octanol–water partition coefficient (Wildman–Crippen LogP) is 4.15. The zero-order valence-electron chi connectivity index (χ0n) is 17.4. The zero-order chi connectivity index (χ0) is 19.9. The number of carbonyl (C=O) groups excluding carboxylic acids is 2. The molecule has 0 aromatic heterocycles. The predicted molar refractivity (Wildman–Crippen MR) is 112 cm³/mol. The first kappa shape index (κ1) is 20.7. The second-order valence-electron chi connectivity index (χ2n) is 8.38. The molecule has 154 valence electrons. The molecule has 0 spiro atoms. The van der Waals surface area contributed by atoms with E-state index in [4.69, 9.17) is 0 Å². The Kier molecular flexibility index (Phi) is 7.35. The molecule has 1 aliphatic heterocycles. The summed E-state index contributed by atoms with van der Waals surface area (Å²) in [7, 11) is 1.90. The molecule has 1 N–H and O–H groups in total. The fourth-order valence-corrected chi connectivity index (χ4v) is 4.61. The number of piperidine rings is 1. The van der Waals surface area contributed by atoms with Gasteiger partial charge in [0.15, 0.2) is 0 Å². The molecule has 2 fully saturated rings. The van der Waals surface area contributed by atoms with Crippen molar-refractivity contribution in [1.29, 1.82) is 0 Å². The molecule has 3 amide bonds. The average Bonchev–Trinajstić information content (AvgIpc) is 2.74. The van der Waals surface area contributed by atoms with Gasteiger partial charge in [0.1, 0.15) is 0 Å². The summed E-state index contributed by atoms with van der Waals surface area (Å²) < 4.78 is 0. The van der Waals surface area contributed by atoms with Crippen LogP contribution in [0.4, 0.5) is 4.79 Å². The van der Waals surface area contributed by atoms with Crippen molar-refractivity contribution in [2.24, 2.45) is 0 Å². The number of amides is 3. The zero-order valence-corrected chi connectivity index (χ0v) is 17.4. The molecule has 2 aliphatic rings. The summed E-state index contributed by atoms with van der Waals surface area (Å²) in [6.45, 7) is 3.57. The van der Waals surface area contributed by atoms with Gasteiger partial charge in [-0.25, -0.2) is 4.79 Å². The first-order valence-corrected chi connectivity index (χ1v) is 10.9. The van der Waals surface area contributed by atoms with Gasteiger partial charge in [-0.05, 0) is 56.4 Å². The number of hydrogen-bond acceptors (Lipinski definition) is 2. The maximum atomic E-state index is 12.7. The molecule has 1 saturated carbocycles. The molecule has 1 aliphatic carbocycles. The Hall–Kier alpha value is -2.04. The topological polar surface area (TPSA) is 52.7 Å². The standard InChI is InChI=1S/C23H35N3O2/c1-3-7-22(27)26-16-14-21(15-17-26)25(2)23(28)24-20-12-10-19(11-13-20)18-8-5-4-6-9-18/h4-6,8-9,19-21H,3,7,10-17H2,1-2H3,(H,24,28)/t19-,20+. The molecule has 3 rings (SSSR count). The van der Waals surface area contributed by atoms with Crippen molar-refractivity contribution in [1.82, 2.24) is 15.1 Å². The van der Waals surface area contributed by atoms with E-state index in [2.05, 4.69) is 35.6 Å². The van der Waals surface area contributed by atoms with E-state index in [1.165, 1.54) is 5.56 Å². The lowest BCUT2D eigenvalue weighted by Crippen LogP contribution is -2.52. The summed E-state index contributed by atoms with van der Waals surface area (Å²) in [4.78, 5) is 28.6. The van der Waals surface area contributed by atoms with Crippen LogP contribution in [0.3, 0.4) is 0 Å². The molecule has 5 heteroatoms. The van der Waals surface area contributed by atoms with Gasteiger partial charge in [-0.2, -0.15) is 0 Å². The summed E-state index contributed by atoms with van der Waals surface area (Å²) in [6.07, 6.45) is 7.64. The third-order valence-electron chi connectivity index (χ3n) is 6.47. The first-order chi connectivity index (χ1) is 13.6. The van der Waals surface area contributed by atoms with Crippen molar-refractivity contribution < 1.29 is 9.59 Å². The Bertz CT molecular complexity index is 633. The normalized spacial score (nSPS) is 23.3. The molecule has 5 nitrogen and oxygen atoms in total. The number of rotatable bonds is 5. The van der Waals surface area contributed by atoms with Crippen LogP contribution in [0.2, 0.25) is 0 Å². The van der Waals surface area contributed by atoms with Gasteiger partial charge < -0.3 is 15.1 Å². The quantitative estimate of drug-likeness (QED) is 0.828. The van der Waals surface area contributed by atoms with Gasteiger partial charge in [0.2, 0.25) is 5.91 Å². The molecule has 0 bridgehead atoms. The SMILES string of the molecule is CCCC(=O)N1CCC(N(C)C(=O)N[C@H]2CC[C@@H](c3ccccc3)CC2)CC1. The molecule has 1 saturated heterocycles. The Balaban J connectivity index is 1.41. The van der Waals surface area contributed by atoms with E-state index in [0.29, 0.717) is 12.3 Å². The van der Waals surface area contributed by atoms with Crippen molar-refractivity contribution in [2.75, 3.05) is 20.1 Å². The maximum Gasteiger partial charge on any atom is 0.317 e. The highest BCUT2D eigenvalue weighted by Crippen LogP contribution is 2.32. The third kappa shape index (κ3) is 5.27. The van der Waals surface area contributed by atoms with Crippen molar-refractivity contribution in [3.05, 3.63) is 35.9 Å². The minimum Gasteiger partial charge on any atom is -0.343 e. The second kappa shape index (κ2) is 9.94. The van der Waals surface area contributed by atoms with Gasteiger partial charge in [-0.1, -0.05) is 37.3 Å². The van der Waals surface area contributed by atoms with E-state index in [0.717, 1.165) is 58.0 Å². The van der Waals surface area contributed by atoms with Crippen molar-refractivity contribution in [3.8, 4) is 0 Å². The van der Waals surface area contributed by atoms with E-state index in [1.54, 1.807) is 0 Å². The molecule has 0 atom stereocenters. The number of carbonyl (C=O) groups is 2. The van der Waals surface area contributed by atoms with Crippen LogP contribution in [0.5, 0.6) is 0 Å².